The standard InChI is InChI=1S/C12H19N3O3/c1-9-10(7-11(18-9)12(16)14-13)8-15-3-2-5-17-6-4-15/h7H,2-6,8,13H2,1H3,(H,14,16). The summed E-state index contributed by atoms with van der Waals surface area (Å²) in [5, 5.41) is 0. The van der Waals surface area contributed by atoms with E-state index in [1.807, 2.05) is 6.92 Å². The molecule has 1 saturated heterocycles. The molecule has 1 aliphatic heterocycles. The average Bonchev–Trinajstić information content (AvgIpc) is 2.58. The Hall–Kier alpha value is -1.37. The number of nitrogen functional groups attached to an aromatic ring is 1. The maximum atomic E-state index is 11.4. The summed E-state index contributed by atoms with van der Waals surface area (Å²) in [6, 6.07) is 1.75. The molecule has 0 unspecified atom stereocenters. The van der Waals surface area contributed by atoms with E-state index in [-0.39, 0.29) is 5.76 Å². The molecule has 1 aromatic heterocycles. The molecule has 1 amide bonds. The second kappa shape index (κ2) is 5.99. The van der Waals surface area contributed by atoms with Gasteiger partial charge in [0.25, 0.3) is 0 Å². The number of hydrogen-bond donors (Lipinski definition) is 2. The summed E-state index contributed by atoms with van der Waals surface area (Å²) in [4.78, 5) is 13.7. The molecule has 0 radical (unpaired) electrons. The van der Waals surface area contributed by atoms with Gasteiger partial charge in [-0.05, 0) is 19.4 Å². The van der Waals surface area contributed by atoms with Crippen molar-refractivity contribution in [3.05, 3.63) is 23.2 Å². The van der Waals surface area contributed by atoms with Crippen LogP contribution in [0.3, 0.4) is 0 Å². The summed E-state index contributed by atoms with van der Waals surface area (Å²) in [6.45, 7) is 6.12. The van der Waals surface area contributed by atoms with E-state index in [0.29, 0.717) is 0 Å². The number of ether oxygens (including phenoxy) is 1. The molecule has 0 bridgehead atoms. The predicted octanol–water partition coefficient (Wildman–Crippen LogP) is 0.414. The highest BCUT2D eigenvalue weighted by Gasteiger charge is 2.16. The third kappa shape index (κ3) is 3.10. The Morgan fingerprint density at radius 2 is 2.33 bits per heavy atom. The Bertz CT molecular complexity index is 409. The molecular weight excluding hydrogens is 234 g/mol. The highest BCUT2D eigenvalue weighted by Crippen LogP contribution is 2.17. The largest absolute Gasteiger partial charge is 0.456 e. The van der Waals surface area contributed by atoms with Crippen LogP contribution in [0.5, 0.6) is 0 Å². The van der Waals surface area contributed by atoms with E-state index in [9.17, 15) is 4.79 Å². The third-order valence-electron chi connectivity index (χ3n) is 3.08. The van der Waals surface area contributed by atoms with Gasteiger partial charge >= 0.3 is 5.91 Å². The number of nitrogens with one attached hydrogen (secondary N) is 1. The molecule has 2 rings (SSSR count). The number of nitrogens with zero attached hydrogens (tertiary/aromatic N) is 1. The Morgan fingerprint density at radius 3 is 3.11 bits per heavy atom. The molecule has 0 aliphatic carbocycles. The van der Waals surface area contributed by atoms with Crippen molar-refractivity contribution in [1.82, 2.24) is 10.3 Å². The molecule has 0 atom stereocenters. The summed E-state index contributed by atoms with van der Waals surface area (Å²) in [5.41, 5.74) is 3.09. The van der Waals surface area contributed by atoms with Crippen molar-refractivity contribution < 1.29 is 13.9 Å². The van der Waals surface area contributed by atoms with Crippen LogP contribution in [0.25, 0.3) is 0 Å². The van der Waals surface area contributed by atoms with Crippen LogP contribution in [0, 0.1) is 6.92 Å². The van der Waals surface area contributed by atoms with Crippen molar-refractivity contribution in [2.75, 3.05) is 26.3 Å². The highest BCUT2D eigenvalue weighted by molar-refractivity contribution is 5.91. The number of rotatable bonds is 3. The van der Waals surface area contributed by atoms with Crippen molar-refractivity contribution in [2.45, 2.75) is 19.9 Å². The van der Waals surface area contributed by atoms with Crippen LogP contribution in [-0.4, -0.2) is 37.1 Å². The molecule has 0 spiro atoms. The van der Waals surface area contributed by atoms with E-state index >= 15 is 0 Å². The van der Waals surface area contributed by atoms with Crippen LogP contribution >= 0.6 is 0 Å². The molecule has 1 aromatic rings. The molecule has 18 heavy (non-hydrogen) atoms. The monoisotopic (exact) mass is 253 g/mol. The number of carbonyl (C=O) groups excluding carboxylic acids is 1. The average molecular weight is 253 g/mol. The van der Waals surface area contributed by atoms with Crippen molar-refractivity contribution in [3.8, 4) is 0 Å². The molecule has 100 valence electrons. The van der Waals surface area contributed by atoms with E-state index in [4.69, 9.17) is 15.0 Å². The highest BCUT2D eigenvalue weighted by atomic mass is 16.5. The first-order valence-corrected chi connectivity index (χ1v) is 6.11. The molecule has 6 heteroatoms. The first-order valence-electron chi connectivity index (χ1n) is 6.11. The zero-order valence-corrected chi connectivity index (χ0v) is 10.6. The number of hydrogen-bond acceptors (Lipinski definition) is 5. The molecule has 0 aromatic carbocycles. The van der Waals surface area contributed by atoms with Crippen LogP contribution in [0.2, 0.25) is 0 Å². The maximum Gasteiger partial charge on any atom is 0.300 e. The third-order valence-corrected chi connectivity index (χ3v) is 3.08. The van der Waals surface area contributed by atoms with Crippen LogP contribution in [0.15, 0.2) is 10.5 Å². The zero-order chi connectivity index (χ0) is 13.0. The predicted molar refractivity (Wildman–Crippen MR) is 65.8 cm³/mol. The fraction of sp³-hybridized carbons (Fsp3) is 0.583. The number of aryl methyl sites for hydroxylation is 1. The van der Waals surface area contributed by atoms with Crippen molar-refractivity contribution in [1.29, 1.82) is 0 Å². The van der Waals surface area contributed by atoms with Crippen molar-refractivity contribution in [3.63, 3.8) is 0 Å². The Labute approximate surface area is 106 Å². The molecule has 3 N–H and O–H groups in total. The summed E-state index contributed by atoms with van der Waals surface area (Å²) in [7, 11) is 0. The number of furan rings is 1. The fourth-order valence-corrected chi connectivity index (χ4v) is 2.06. The maximum absolute atomic E-state index is 11.4. The summed E-state index contributed by atoms with van der Waals surface area (Å²) in [6.07, 6.45) is 1.03. The quantitative estimate of drug-likeness (QED) is 0.463. The van der Waals surface area contributed by atoms with Crippen LogP contribution in [0.1, 0.15) is 28.3 Å². The lowest BCUT2D eigenvalue weighted by atomic mass is 10.2. The second-order valence-corrected chi connectivity index (χ2v) is 4.41. The first kappa shape index (κ1) is 13.1. The minimum atomic E-state index is -0.399. The summed E-state index contributed by atoms with van der Waals surface area (Å²) < 4.78 is 10.8. The fourth-order valence-electron chi connectivity index (χ4n) is 2.06. The van der Waals surface area contributed by atoms with Gasteiger partial charge < -0.3 is 9.15 Å². The first-order chi connectivity index (χ1) is 8.70. The van der Waals surface area contributed by atoms with E-state index in [1.54, 1.807) is 6.07 Å². The number of hydrazine groups is 1. The minimum absolute atomic E-state index is 0.260. The van der Waals surface area contributed by atoms with E-state index in [0.717, 1.165) is 50.6 Å². The van der Waals surface area contributed by atoms with E-state index in [2.05, 4.69) is 10.3 Å². The van der Waals surface area contributed by atoms with Gasteiger partial charge in [-0.15, -0.1) is 0 Å². The van der Waals surface area contributed by atoms with Gasteiger partial charge in [0.05, 0.1) is 6.61 Å². The van der Waals surface area contributed by atoms with E-state index < -0.39 is 5.91 Å². The lowest BCUT2D eigenvalue weighted by Gasteiger charge is -2.18. The Morgan fingerprint density at radius 1 is 1.50 bits per heavy atom. The van der Waals surface area contributed by atoms with Crippen LogP contribution < -0.4 is 11.3 Å². The van der Waals surface area contributed by atoms with Gasteiger partial charge in [0.2, 0.25) is 0 Å². The second-order valence-electron chi connectivity index (χ2n) is 4.41. The van der Waals surface area contributed by atoms with Gasteiger partial charge in [0.15, 0.2) is 5.76 Å². The lowest BCUT2D eigenvalue weighted by molar-refractivity contribution is 0.0924. The molecule has 1 aliphatic rings. The molecule has 6 nitrogen and oxygen atoms in total. The van der Waals surface area contributed by atoms with Gasteiger partial charge in [-0.3, -0.25) is 15.1 Å². The number of amides is 1. The topological polar surface area (TPSA) is 80.7 Å². The Kier molecular flexibility index (Phi) is 4.35. The molecule has 2 heterocycles. The molecular formula is C12H19N3O3. The zero-order valence-electron chi connectivity index (χ0n) is 10.6. The van der Waals surface area contributed by atoms with Gasteiger partial charge in [-0.1, -0.05) is 0 Å². The van der Waals surface area contributed by atoms with Gasteiger partial charge in [-0.2, -0.15) is 0 Å². The number of carbonyl (C=O) groups is 1. The number of nitrogens with two attached hydrogens (primary N) is 1. The van der Waals surface area contributed by atoms with Crippen molar-refractivity contribution >= 4 is 5.91 Å². The summed E-state index contributed by atoms with van der Waals surface area (Å²) in [5.74, 6) is 5.71. The van der Waals surface area contributed by atoms with Crippen molar-refractivity contribution in [2.24, 2.45) is 5.84 Å². The minimum Gasteiger partial charge on any atom is -0.456 e. The van der Waals surface area contributed by atoms with Gasteiger partial charge in [0.1, 0.15) is 5.76 Å². The normalized spacial score (nSPS) is 17.4. The van der Waals surface area contributed by atoms with Gasteiger partial charge in [-0.25, -0.2) is 5.84 Å². The smallest absolute Gasteiger partial charge is 0.300 e. The lowest BCUT2D eigenvalue weighted by Crippen LogP contribution is -2.29. The van der Waals surface area contributed by atoms with E-state index in [1.165, 1.54) is 0 Å². The Balaban J connectivity index is 2.03. The molecule has 0 saturated carbocycles. The summed E-state index contributed by atoms with van der Waals surface area (Å²) >= 11 is 0. The van der Waals surface area contributed by atoms with Gasteiger partial charge in [0, 0.05) is 31.8 Å². The SMILES string of the molecule is Cc1oc(C(=O)NN)cc1CN1CCCOCC1. The van der Waals surface area contributed by atoms with Crippen LogP contribution in [-0.2, 0) is 11.3 Å². The molecule has 1 fully saturated rings. The van der Waals surface area contributed by atoms with Crippen LogP contribution in [0.4, 0.5) is 0 Å².